The molecule has 1 aliphatic carbocycles. The number of anilines is 1. The van der Waals surface area contributed by atoms with Crippen molar-refractivity contribution in [1.29, 1.82) is 0 Å². The zero-order valence-electron chi connectivity index (χ0n) is 8.92. The molecule has 0 bridgehead atoms. The summed E-state index contributed by atoms with van der Waals surface area (Å²) in [5, 5.41) is 14.0. The van der Waals surface area contributed by atoms with E-state index in [0.717, 1.165) is 31.4 Å². The molecular formula is C12H15Cl2NO. The quantitative estimate of drug-likeness (QED) is 0.849. The Morgan fingerprint density at radius 1 is 1.06 bits per heavy atom. The zero-order valence-corrected chi connectivity index (χ0v) is 10.4. The second-order valence-corrected chi connectivity index (χ2v) is 5.09. The summed E-state index contributed by atoms with van der Waals surface area (Å²) in [7, 11) is 0. The minimum absolute atomic E-state index is 0.119. The number of nitrogens with one attached hydrogen (secondary N) is 1. The fourth-order valence-electron chi connectivity index (χ4n) is 2.04. The Labute approximate surface area is 106 Å². The normalized spacial score (nSPS) is 25.4. The molecule has 88 valence electrons. The van der Waals surface area contributed by atoms with E-state index in [-0.39, 0.29) is 6.10 Å². The Morgan fingerprint density at radius 3 is 2.38 bits per heavy atom. The van der Waals surface area contributed by atoms with E-state index in [2.05, 4.69) is 5.32 Å². The van der Waals surface area contributed by atoms with Gasteiger partial charge in [0.25, 0.3) is 0 Å². The third kappa shape index (κ3) is 3.03. The lowest BCUT2D eigenvalue weighted by molar-refractivity contribution is 0.126. The summed E-state index contributed by atoms with van der Waals surface area (Å²) in [4.78, 5) is 0. The van der Waals surface area contributed by atoms with Crippen LogP contribution in [0.3, 0.4) is 0 Å². The first-order chi connectivity index (χ1) is 7.65. The molecule has 0 radical (unpaired) electrons. The maximum absolute atomic E-state index is 9.41. The molecule has 0 aliphatic heterocycles. The first-order valence-electron chi connectivity index (χ1n) is 5.55. The molecule has 0 spiro atoms. The van der Waals surface area contributed by atoms with Crippen LogP contribution >= 0.6 is 23.2 Å². The summed E-state index contributed by atoms with van der Waals surface area (Å²) in [5.74, 6) is 0. The molecule has 4 heteroatoms. The first kappa shape index (κ1) is 12.0. The maximum atomic E-state index is 9.41. The third-order valence-electron chi connectivity index (χ3n) is 2.99. The smallest absolute Gasteiger partial charge is 0.0612 e. The van der Waals surface area contributed by atoms with E-state index in [1.165, 1.54) is 0 Å². The standard InChI is InChI=1S/C12H15Cl2NO/c13-11-6-3-9(7-12(11)14)15-8-1-4-10(16)5-2-8/h3,6-8,10,15-16H,1-2,4-5H2. The van der Waals surface area contributed by atoms with E-state index in [1.54, 1.807) is 6.07 Å². The van der Waals surface area contributed by atoms with Gasteiger partial charge in [0.2, 0.25) is 0 Å². The van der Waals surface area contributed by atoms with E-state index in [0.29, 0.717) is 16.1 Å². The predicted molar refractivity (Wildman–Crippen MR) is 68.3 cm³/mol. The minimum Gasteiger partial charge on any atom is -0.393 e. The van der Waals surface area contributed by atoms with E-state index in [9.17, 15) is 5.11 Å². The summed E-state index contributed by atoms with van der Waals surface area (Å²) in [6, 6.07) is 6.00. The van der Waals surface area contributed by atoms with Crippen LogP contribution in [0, 0.1) is 0 Å². The molecule has 1 aromatic rings. The van der Waals surface area contributed by atoms with Gasteiger partial charge in [0.05, 0.1) is 16.1 Å². The molecule has 2 nitrogen and oxygen atoms in total. The van der Waals surface area contributed by atoms with Crippen molar-refractivity contribution in [2.75, 3.05) is 5.32 Å². The van der Waals surface area contributed by atoms with Crippen LogP contribution in [-0.2, 0) is 0 Å². The second-order valence-electron chi connectivity index (χ2n) is 4.28. The fourth-order valence-corrected chi connectivity index (χ4v) is 2.34. The van der Waals surface area contributed by atoms with Crippen molar-refractivity contribution in [3.63, 3.8) is 0 Å². The van der Waals surface area contributed by atoms with Crippen molar-refractivity contribution in [1.82, 2.24) is 0 Å². The van der Waals surface area contributed by atoms with E-state index in [4.69, 9.17) is 23.2 Å². The minimum atomic E-state index is -0.119. The number of benzene rings is 1. The van der Waals surface area contributed by atoms with Gasteiger partial charge in [-0.05, 0) is 43.9 Å². The van der Waals surface area contributed by atoms with E-state index in [1.807, 2.05) is 12.1 Å². The average Bonchev–Trinajstić information content (AvgIpc) is 2.27. The molecule has 0 unspecified atom stereocenters. The van der Waals surface area contributed by atoms with Crippen LogP contribution in [0.15, 0.2) is 18.2 Å². The van der Waals surface area contributed by atoms with Crippen molar-refractivity contribution in [3.8, 4) is 0 Å². The SMILES string of the molecule is OC1CCC(Nc2ccc(Cl)c(Cl)c2)CC1. The second kappa shape index (κ2) is 5.26. The Balaban J connectivity index is 1.96. The van der Waals surface area contributed by atoms with E-state index >= 15 is 0 Å². The van der Waals surface area contributed by atoms with Crippen molar-refractivity contribution in [3.05, 3.63) is 28.2 Å². The molecule has 1 aliphatic rings. The number of aliphatic hydroxyl groups excluding tert-OH is 1. The Morgan fingerprint density at radius 2 is 1.75 bits per heavy atom. The summed E-state index contributed by atoms with van der Waals surface area (Å²) in [5.41, 5.74) is 0.996. The number of aliphatic hydroxyl groups is 1. The van der Waals surface area contributed by atoms with Crippen LogP contribution in [0.4, 0.5) is 5.69 Å². The van der Waals surface area contributed by atoms with Crippen molar-refractivity contribution in [2.45, 2.75) is 37.8 Å². The summed E-state index contributed by atoms with van der Waals surface area (Å²) in [6.07, 6.45) is 3.63. The van der Waals surface area contributed by atoms with Gasteiger partial charge in [0.1, 0.15) is 0 Å². The summed E-state index contributed by atoms with van der Waals surface area (Å²) >= 11 is 11.8. The van der Waals surface area contributed by atoms with Crippen LogP contribution in [0.2, 0.25) is 10.0 Å². The van der Waals surface area contributed by atoms with Gasteiger partial charge >= 0.3 is 0 Å². The van der Waals surface area contributed by atoms with Crippen molar-refractivity contribution >= 4 is 28.9 Å². The summed E-state index contributed by atoms with van der Waals surface area (Å²) in [6.45, 7) is 0. The van der Waals surface area contributed by atoms with Gasteiger partial charge in [0, 0.05) is 11.7 Å². The molecule has 0 amide bonds. The molecule has 2 N–H and O–H groups in total. The summed E-state index contributed by atoms with van der Waals surface area (Å²) < 4.78 is 0. The van der Waals surface area contributed by atoms with E-state index < -0.39 is 0 Å². The number of hydrogen-bond donors (Lipinski definition) is 2. The van der Waals surface area contributed by atoms with Crippen LogP contribution in [-0.4, -0.2) is 17.3 Å². The van der Waals surface area contributed by atoms with Crippen LogP contribution in [0.25, 0.3) is 0 Å². The third-order valence-corrected chi connectivity index (χ3v) is 3.73. The first-order valence-corrected chi connectivity index (χ1v) is 6.30. The maximum Gasteiger partial charge on any atom is 0.0612 e. The molecule has 1 fully saturated rings. The van der Waals surface area contributed by atoms with Gasteiger partial charge in [-0.3, -0.25) is 0 Å². The monoisotopic (exact) mass is 259 g/mol. The lowest BCUT2D eigenvalue weighted by Crippen LogP contribution is -2.28. The number of hydrogen-bond acceptors (Lipinski definition) is 2. The molecule has 1 saturated carbocycles. The van der Waals surface area contributed by atoms with Crippen LogP contribution < -0.4 is 5.32 Å². The lowest BCUT2D eigenvalue weighted by atomic mass is 9.93. The molecule has 16 heavy (non-hydrogen) atoms. The highest BCUT2D eigenvalue weighted by Gasteiger charge is 2.19. The molecule has 0 aromatic heterocycles. The number of rotatable bonds is 2. The average molecular weight is 260 g/mol. The van der Waals surface area contributed by atoms with Gasteiger partial charge in [-0.15, -0.1) is 0 Å². The van der Waals surface area contributed by atoms with Gasteiger partial charge in [0.15, 0.2) is 0 Å². The van der Waals surface area contributed by atoms with Gasteiger partial charge < -0.3 is 10.4 Å². The van der Waals surface area contributed by atoms with Crippen LogP contribution in [0.1, 0.15) is 25.7 Å². The predicted octanol–water partition coefficient (Wildman–Crippen LogP) is 3.71. The van der Waals surface area contributed by atoms with Crippen molar-refractivity contribution in [2.24, 2.45) is 0 Å². The fraction of sp³-hybridized carbons (Fsp3) is 0.500. The molecule has 2 rings (SSSR count). The van der Waals surface area contributed by atoms with Gasteiger partial charge in [-0.1, -0.05) is 23.2 Å². The Hall–Kier alpha value is -0.440. The zero-order chi connectivity index (χ0) is 11.5. The molecule has 0 atom stereocenters. The Kier molecular flexibility index (Phi) is 3.95. The molecule has 0 saturated heterocycles. The topological polar surface area (TPSA) is 32.3 Å². The van der Waals surface area contributed by atoms with Gasteiger partial charge in [-0.2, -0.15) is 0 Å². The highest BCUT2D eigenvalue weighted by atomic mass is 35.5. The Bertz CT molecular complexity index is 362. The lowest BCUT2D eigenvalue weighted by Gasteiger charge is -2.27. The van der Waals surface area contributed by atoms with Gasteiger partial charge in [-0.25, -0.2) is 0 Å². The highest BCUT2D eigenvalue weighted by Crippen LogP contribution is 2.27. The highest BCUT2D eigenvalue weighted by molar-refractivity contribution is 6.42. The van der Waals surface area contributed by atoms with Crippen molar-refractivity contribution < 1.29 is 5.11 Å². The number of halogens is 2. The van der Waals surface area contributed by atoms with Crippen LogP contribution in [0.5, 0.6) is 0 Å². The molecule has 1 aromatic carbocycles. The molecular weight excluding hydrogens is 245 g/mol. The molecule has 0 heterocycles. The largest absolute Gasteiger partial charge is 0.393 e.